The average Bonchev–Trinajstić information content (AvgIpc) is 3.66. The molecule has 3 aromatic heterocycles. The zero-order chi connectivity index (χ0) is 24.9. The zero-order valence-corrected chi connectivity index (χ0v) is 20.0. The Bertz CT molecular complexity index is 1480. The van der Waals surface area contributed by atoms with E-state index in [0.29, 0.717) is 35.3 Å². The predicted molar refractivity (Wildman–Crippen MR) is 133 cm³/mol. The fourth-order valence-electron chi connectivity index (χ4n) is 3.43. The third-order valence-electron chi connectivity index (χ3n) is 5.29. The van der Waals surface area contributed by atoms with Crippen LogP contribution < -0.4 is 10.9 Å². The highest BCUT2D eigenvalue weighted by molar-refractivity contribution is 7.13. The summed E-state index contributed by atoms with van der Waals surface area (Å²) in [5.74, 6) is 0.753. The Kier molecular flexibility index (Phi) is 6.63. The molecule has 0 spiro atoms. The van der Waals surface area contributed by atoms with Gasteiger partial charge < -0.3 is 4.42 Å². The summed E-state index contributed by atoms with van der Waals surface area (Å²) in [6.45, 7) is 2.16. The molecule has 0 aliphatic heterocycles. The summed E-state index contributed by atoms with van der Waals surface area (Å²) >= 11 is 1.50. The van der Waals surface area contributed by atoms with Crippen molar-refractivity contribution in [3.05, 3.63) is 94.7 Å². The summed E-state index contributed by atoms with van der Waals surface area (Å²) in [5.41, 5.74) is 7.56. The first-order chi connectivity index (χ1) is 17.5. The van der Waals surface area contributed by atoms with Gasteiger partial charge in [-0.05, 0) is 41.3 Å². The number of aryl methyl sites for hydroxylation is 1. The highest BCUT2D eigenvalue weighted by Crippen LogP contribution is 2.26. The maximum atomic E-state index is 12.5. The number of thiophene rings is 1. The van der Waals surface area contributed by atoms with Gasteiger partial charge in [0.1, 0.15) is 5.76 Å². The molecule has 11 heteroatoms. The van der Waals surface area contributed by atoms with E-state index in [2.05, 4.69) is 31.2 Å². The smallest absolute Gasteiger partial charge is 0.269 e. The molecule has 2 N–H and O–H groups in total. The topological polar surface area (TPSA) is 128 Å². The van der Waals surface area contributed by atoms with E-state index >= 15 is 0 Å². The van der Waals surface area contributed by atoms with Crippen molar-refractivity contribution in [2.75, 3.05) is 0 Å². The fraction of sp³-hybridized carbons (Fsp3) is 0.120. The largest absolute Gasteiger partial charge is 0.440 e. The standard InChI is InChI=1S/C25H21N7O3S/c1-16-20(26-25(35-16)21-8-5-13-36-21)14-22(33)27-29-24(34)19-11-9-17(10-12-19)15-32-30-23(28-31-32)18-6-3-2-4-7-18/h2-13H,14-15H2,1H3,(H,27,33)(H,29,34). The molecule has 0 unspecified atom stereocenters. The minimum Gasteiger partial charge on any atom is -0.440 e. The van der Waals surface area contributed by atoms with Gasteiger partial charge in [0.25, 0.3) is 5.91 Å². The summed E-state index contributed by atoms with van der Waals surface area (Å²) in [6, 6.07) is 20.3. The van der Waals surface area contributed by atoms with Crippen LogP contribution in [-0.2, 0) is 17.8 Å². The molecule has 0 saturated heterocycles. The van der Waals surface area contributed by atoms with Gasteiger partial charge in [-0.25, -0.2) is 4.98 Å². The molecule has 0 atom stereocenters. The Morgan fingerprint density at radius 2 is 1.81 bits per heavy atom. The molecule has 0 fully saturated rings. The molecular weight excluding hydrogens is 478 g/mol. The maximum absolute atomic E-state index is 12.5. The van der Waals surface area contributed by atoms with E-state index in [1.54, 1.807) is 31.2 Å². The molecule has 0 aliphatic carbocycles. The molecule has 2 aromatic carbocycles. The molecule has 180 valence electrons. The number of tetrazole rings is 1. The van der Waals surface area contributed by atoms with Crippen LogP contribution in [0, 0.1) is 6.92 Å². The highest BCUT2D eigenvalue weighted by atomic mass is 32.1. The number of hydrogen-bond donors (Lipinski definition) is 2. The van der Waals surface area contributed by atoms with Gasteiger partial charge in [-0.1, -0.05) is 48.5 Å². The first-order valence-corrected chi connectivity index (χ1v) is 11.9. The van der Waals surface area contributed by atoms with Gasteiger partial charge >= 0.3 is 0 Å². The van der Waals surface area contributed by atoms with Crippen LogP contribution in [0.3, 0.4) is 0 Å². The Morgan fingerprint density at radius 1 is 1.00 bits per heavy atom. The van der Waals surface area contributed by atoms with Gasteiger partial charge in [0.2, 0.25) is 17.6 Å². The van der Waals surface area contributed by atoms with Crippen LogP contribution in [0.1, 0.15) is 27.4 Å². The maximum Gasteiger partial charge on any atom is 0.269 e. The monoisotopic (exact) mass is 499 g/mol. The number of hydrazine groups is 1. The number of benzene rings is 2. The van der Waals surface area contributed by atoms with Crippen molar-refractivity contribution in [2.24, 2.45) is 0 Å². The van der Waals surface area contributed by atoms with Crippen molar-refractivity contribution in [1.29, 1.82) is 0 Å². The second kappa shape index (κ2) is 10.3. The molecule has 10 nitrogen and oxygen atoms in total. The lowest BCUT2D eigenvalue weighted by Gasteiger charge is -2.07. The summed E-state index contributed by atoms with van der Waals surface area (Å²) in [4.78, 5) is 31.6. The summed E-state index contributed by atoms with van der Waals surface area (Å²) in [6.07, 6.45) is -0.0181. The first-order valence-electron chi connectivity index (χ1n) is 11.1. The Morgan fingerprint density at radius 3 is 2.56 bits per heavy atom. The third-order valence-corrected chi connectivity index (χ3v) is 6.15. The summed E-state index contributed by atoms with van der Waals surface area (Å²) in [7, 11) is 0. The lowest BCUT2D eigenvalue weighted by molar-refractivity contribution is -0.121. The summed E-state index contributed by atoms with van der Waals surface area (Å²) < 4.78 is 5.65. The van der Waals surface area contributed by atoms with E-state index in [1.165, 1.54) is 16.1 Å². The Hall–Kier alpha value is -4.64. The van der Waals surface area contributed by atoms with Crippen LogP contribution >= 0.6 is 11.3 Å². The molecule has 0 radical (unpaired) electrons. The molecular formula is C25H21N7O3S. The van der Waals surface area contributed by atoms with Crippen LogP contribution in [0.25, 0.3) is 22.2 Å². The molecule has 0 bridgehead atoms. The van der Waals surface area contributed by atoms with Crippen LogP contribution in [0.2, 0.25) is 0 Å². The third kappa shape index (κ3) is 5.36. The number of nitrogens with zero attached hydrogens (tertiary/aromatic N) is 5. The number of amides is 2. The number of carbonyl (C=O) groups excluding carboxylic acids is 2. The molecule has 36 heavy (non-hydrogen) atoms. The van der Waals surface area contributed by atoms with Crippen molar-refractivity contribution in [2.45, 2.75) is 19.9 Å². The SMILES string of the molecule is Cc1oc(-c2cccs2)nc1CC(=O)NNC(=O)c1ccc(Cn2nnc(-c3ccccc3)n2)cc1. The number of nitrogens with one attached hydrogen (secondary N) is 2. The lowest BCUT2D eigenvalue weighted by Crippen LogP contribution is -2.42. The Balaban J connectivity index is 1.13. The van der Waals surface area contributed by atoms with Gasteiger partial charge in [0.15, 0.2) is 0 Å². The van der Waals surface area contributed by atoms with Gasteiger partial charge in [-0.2, -0.15) is 4.80 Å². The lowest BCUT2D eigenvalue weighted by atomic mass is 10.1. The van der Waals surface area contributed by atoms with E-state index in [1.807, 2.05) is 47.8 Å². The second-order valence-electron chi connectivity index (χ2n) is 7.88. The molecule has 0 saturated carbocycles. The quantitative estimate of drug-likeness (QED) is 0.328. The number of aromatic nitrogens is 5. The van der Waals surface area contributed by atoms with Gasteiger partial charge in [-0.15, -0.1) is 21.5 Å². The van der Waals surface area contributed by atoms with E-state index in [9.17, 15) is 9.59 Å². The van der Waals surface area contributed by atoms with Gasteiger partial charge in [-0.3, -0.25) is 20.4 Å². The van der Waals surface area contributed by atoms with Crippen molar-refractivity contribution in [3.8, 4) is 22.2 Å². The summed E-state index contributed by atoms with van der Waals surface area (Å²) in [5, 5.41) is 14.5. The van der Waals surface area contributed by atoms with E-state index < -0.39 is 11.8 Å². The number of hydrogen-bond acceptors (Lipinski definition) is 8. The highest BCUT2D eigenvalue weighted by Gasteiger charge is 2.16. The van der Waals surface area contributed by atoms with Gasteiger partial charge in [0.05, 0.1) is 23.5 Å². The fourth-order valence-corrected chi connectivity index (χ4v) is 4.08. The van der Waals surface area contributed by atoms with Crippen LogP contribution in [0.15, 0.2) is 76.5 Å². The van der Waals surface area contributed by atoms with Crippen molar-refractivity contribution in [1.82, 2.24) is 36.0 Å². The predicted octanol–water partition coefficient (Wildman–Crippen LogP) is 3.42. The minimum absolute atomic E-state index is 0.0181. The normalized spacial score (nSPS) is 10.8. The van der Waals surface area contributed by atoms with Crippen LogP contribution in [-0.4, -0.2) is 37.0 Å². The first kappa shape index (κ1) is 23.1. The number of rotatable bonds is 7. The van der Waals surface area contributed by atoms with Crippen LogP contribution in [0.4, 0.5) is 0 Å². The molecule has 2 amide bonds. The van der Waals surface area contributed by atoms with E-state index in [0.717, 1.165) is 16.0 Å². The van der Waals surface area contributed by atoms with E-state index in [4.69, 9.17) is 4.42 Å². The zero-order valence-electron chi connectivity index (χ0n) is 19.2. The van der Waals surface area contributed by atoms with Crippen molar-refractivity contribution in [3.63, 3.8) is 0 Å². The minimum atomic E-state index is -0.434. The van der Waals surface area contributed by atoms with Crippen molar-refractivity contribution >= 4 is 23.2 Å². The number of carbonyl (C=O) groups is 2. The molecule has 3 heterocycles. The van der Waals surface area contributed by atoms with E-state index in [-0.39, 0.29) is 6.42 Å². The Labute approximate surface area is 210 Å². The van der Waals surface area contributed by atoms with Gasteiger partial charge in [0, 0.05) is 11.1 Å². The second-order valence-corrected chi connectivity index (χ2v) is 8.83. The number of oxazole rings is 1. The average molecular weight is 500 g/mol. The molecule has 5 aromatic rings. The van der Waals surface area contributed by atoms with Crippen LogP contribution in [0.5, 0.6) is 0 Å². The van der Waals surface area contributed by atoms with Crippen molar-refractivity contribution < 1.29 is 14.0 Å². The molecule has 5 rings (SSSR count). The molecule has 0 aliphatic rings.